The number of aryl methyl sites for hydroxylation is 1. The molecule has 0 saturated heterocycles. The molecule has 0 aliphatic carbocycles. The Balaban J connectivity index is 0.000000315. The summed E-state index contributed by atoms with van der Waals surface area (Å²) in [5.41, 5.74) is 3.99. The Morgan fingerprint density at radius 1 is 1.33 bits per heavy atom. The molecule has 1 aromatic carbocycles. The predicted octanol–water partition coefficient (Wildman–Crippen LogP) is 0.990. The van der Waals surface area contributed by atoms with Gasteiger partial charge in [0.25, 0.3) is 10.2 Å². The smallest absolute Gasteiger partial charge is 0.274 e. The molecule has 6 nitrogen and oxygen atoms in total. The summed E-state index contributed by atoms with van der Waals surface area (Å²) >= 11 is 0. The van der Waals surface area contributed by atoms with Gasteiger partial charge in [0, 0.05) is 30.7 Å². The SMILES string of the molecule is CNS(N)(=O)=O.Cc1ccc2[nH]cc(CCN(C)C)c2c1. The molecule has 0 atom stereocenters. The van der Waals surface area contributed by atoms with Crippen molar-refractivity contribution in [2.45, 2.75) is 13.3 Å². The van der Waals surface area contributed by atoms with E-state index in [-0.39, 0.29) is 0 Å². The minimum atomic E-state index is -3.41. The Morgan fingerprint density at radius 2 is 1.95 bits per heavy atom. The third-order valence-electron chi connectivity index (χ3n) is 3.04. The van der Waals surface area contributed by atoms with Gasteiger partial charge in [-0.3, -0.25) is 0 Å². The number of hydrogen-bond donors (Lipinski definition) is 3. The zero-order valence-electron chi connectivity index (χ0n) is 13.0. The molecule has 0 spiro atoms. The van der Waals surface area contributed by atoms with Crippen LogP contribution in [0, 0.1) is 6.92 Å². The number of fused-ring (bicyclic) bond motifs is 1. The van der Waals surface area contributed by atoms with Crippen molar-refractivity contribution in [1.29, 1.82) is 0 Å². The highest BCUT2D eigenvalue weighted by Gasteiger charge is 2.03. The Morgan fingerprint density at radius 3 is 2.48 bits per heavy atom. The first-order valence-electron chi connectivity index (χ1n) is 6.65. The molecule has 7 heteroatoms. The van der Waals surface area contributed by atoms with Crippen molar-refractivity contribution >= 4 is 21.1 Å². The molecule has 0 saturated carbocycles. The molecule has 0 fully saturated rings. The number of likely N-dealkylation sites (N-methyl/N-ethyl adjacent to an activating group) is 1. The summed E-state index contributed by atoms with van der Waals surface area (Å²) in [6.45, 7) is 3.24. The van der Waals surface area contributed by atoms with Gasteiger partial charge in [0.1, 0.15) is 0 Å². The van der Waals surface area contributed by atoms with E-state index in [1.165, 1.54) is 29.1 Å². The molecule has 2 aromatic rings. The van der Waals surface area contributed by atoms with Crippen molar-refractivity contribution in [3.05, 3.63) is 35.5 Å². The molecule has 0 amide bonds. The average Bonchev–Trinajstić information content (AvgIpc) is 2.78. The average molecular weight is 312 g/mol. The number of nitrogens with zero attached hydrogens (tertiary/aromatic N) is 1. The Labute approximate surface area is 126 Å². The number of aromatic nitrogens is 1. The predicted molar refractivity (Wildman–Crippen MR) is 87.5 cm³/mol. The molecular weight excluding hydrogens is 288 g/mol. The van der Waals surface area contributed by atoms with E-state index in [9.17, 15) is 8.42 Å². The fraction of sp³-hybridized carbons (Fsp3) is 0.429. The zero-order chi connectivity index (χ0) is 16.0. The lowest BCUT2D eigenvalue weighted by Gasteiger charge is -2.08. The van der Waals surface area contributed by atoms with E-state index in [2.05, 4.69) is 60.4 Å². The summed E-state index contributed by atoms with van der Waals surface area (Å²) in [7, 11) is 2.06. The molecular formula is C14H24N4O2S. The van der Waals surface area contributed by atoms with Crippen LogP contribution >= 0.6 is 0 Å². The van der Waals surface area contributed by atoms with Crippen LogP contribution in [-0.4, -0.2) is 46.0 Å². The number of benzene rings is 1. The monoisotopic (exact) mass is 312 g/mol. The molecule has 2 rings (SSSR count). The van der Waals surface area contributed by atoms with Crippen LogP contribution in [-0.2, 0) is 16.6 Å². The fourth-order valence-electron chi connectivity index (χ4n) is 1.84. The van der Waals surface area contributed by atoms with Crippen molar-refractivity contribution in [1.82, 2.24) is 14.6 Å². The maximum absolute atomic E-state index is 9.67. The maximum Gasteiger partial charge on any atom is 0.274 e. The van der Waals surface area contributed by atoms with Gasteiger partial charge in [0.15, 0.2) is 0 Å². The fourth-order valence-corrected chi connectivity index (χ4v) is 1.84. The van der Waals surface area contributed by atoms with Gasteiger partial charge in [-0.25, -0.2) is 9.86 Å². The molecule has 0 radical (unpaired) electrons. The van der Waals surface area contributed by atoms with E-state index in [0.29, 0.717) is 0 Å². The third-order valence-corrected chi connectivity index (χ3v) is 3.60. The normalized spacial score (nSPS) is 11.5. The van der Waals surface area contributed by atoms with Crippen LogP contribution in [0.4, 0.5) is 0 Å². The molecule has 0 bridgehead atoms. The van der Waals surface area contributed by atoms with Gasteiger partial charge < -0.3 is 9.88 Å². The first-order chi connectivity index (χ1) is 9.73. The molecule has 1 aromatic heterocycles. The summed E-state index contributed by atoms with van der Waals surface area (Å²) in [5.74, 6) is 0. The van der Waals surface area contributed by atoms with Crippen LogP contribution in [0.3, 0.4) is 0 Å². The van der Waals surface area contributed by atoms with Gasteiger partial charge in [0.2, 0.25) is 0 Å². The van der Waals surface area contributed by atoms with Crippen LogP contribution in [0.5, 0.6) is 0 Å². The van der Waals surface area contributed by atoms with Crippen LogP contribution in [0.25, 0.3) is 10.9 Å². The minimum Gasteiger partial charge on any atom is -0.361 e. The lowest BCUT2D eigenvalue weighted by atomic mass is 10.1. The van der Waals surface area contributed by atoms with E-state index in [0.717, 1.165) is 13.0 Å². The first-order valence-corrected chi connectivity index (χ1v) is 8.20. The summed E-state index contributed by atoms with van der Waals surface area (Å²) in [4.78, 5) is 5.54. The van der Waals surface area contributed by atoms with Gasteiger partial charge >= 0.3 is 0 Å². The second-order valence-electron chi connectivity index (χ2n) is 5.17. The Kier molecular flexibility index (Phi) is 6.35. The topological polar surface area (TPSA) is 91.2 Å². The highest BCUT2D eigenvalue weighted by Crippen LogP contribution is 2.20. The summed E-state index contributed by atoms with van der Waals surface area (Å²) in [5, 5.41) is 5.77. The molecule has 0 aliphatic rings. The molecule has 1 heterocycles. The van der Waals surface area contributed by atoms with E-state index in [4.69, 9.17) is 0 Å². The molecule has 118 valence electrons. The second-order valence-corrected chi connectivity index (χ2v) is 6.66. The van der Waals surface area contributed by atoms with Crippen molar-refractivity contribution in [3.8, 4) is 0 Å². The second kappa shape index (κ2) is 7.56. The Bertz CT molecular complexity index is 677. The van der Waals surface area contributed by atoms with Crippen molar-refractivity contribution < 1.29 is 8.42 Å². The van der Waals surface area contributed by atoms with Crippen LogP contribution in [0.2, 0.25) is 0 Å². The highest BCUT2D eigenvalue weighted by molar-refractivity contribution is 7.87. The van der Waals surface area contributed by atoms with Gasteiger partial charge in [-0.15, -0.1) is 0 Å². The third kappa shape index (κ3) is 6.26. The first kappa shape index (κ1) is 17.6. The van der Waals surface area contributed by atoms with E-state index >= 15 is 0 Å². The van der Waals surface area contributed by atoms with E-state index in [1.54, 1.807) is 0 Å². The number of hydrogen-bond acceptors (Lipinski definition) is 3. The quantitative estimate of drug-likeness (QED) is 0.786. The van der Waals surface area contributed by atoms with Gasteiger partial charge in [-0.1, -0.05) is 11.6 Å². The lowest BCUT2D eigenvalue weighted by Crippen LogP contribution is -2.26. The van der Waals surface area contributed by atoms with Gasteiger partial charge in [-0.2, -0.15) is 8.42 Å². The number of rotatable bonds is 4. The molecule has 21 heavy (non-hydrogen) atoms. The largest absolute Gasteiger partial charge is 0.361 e. The summed E-state index contributed by atoms with van der Waals surface area (Å²) < 4.78 is 21.2. The summed E-state index contributed by atoms with van der Waals surface area (Å²) in [6, 6.07) is 6.56. The number of nitrogens with two attached hydrogens (primary N) is 1. The van der Waals surface area contributed by atoms with Crippen LogP contribution in [0.15, 0.2) is 24.4 Å². The van der Waals surface area contributed by atoms with Crippen LogP contribution in [0.1, 0.15) is 11.1 Å². The van der Waals surface area contributed by atoms with Crippen molar-refractivity contribution in [2.24, 2.45) is 5.14 Å². The van der Waals surface area contributed by atoms with Crippen LogP contribution < -0.4 is 9.86 Å². The summed E-state index contributed by atoms with van der Waals surface area (Å²) in [6.07, 6.45) is 3.24. The molecule has 0 unspecified atom stereocenters. The lowest BCUT2D eigenvalue weighted by molar-refractivity contribution is 0.414. The van der Waals surface area contributed by atoms with Crippen molar-refractivity contribution in [2.75, 3.05) is 27.7 Å². The molecule has 4 N–H and O–H groups in total. The zero-order valence-corrected chi connectivity index (χ0v) is 13.8. The maximum atomic E-state index is 9.67. The van der Waals surface area contributed by atoms with E-state index in [1.807, 2.05) is 4.72 Å². The number of H-pyrrole nitrogens is 1. The standard InChI is InChI=1S/C13H18N2.CH6N2O2S/c1-10-4-5-13-12(8-10)11(9-14-13)6-7-15(2)3;1-3-6(2,4)5/h4-5,8-9,14H,6-7H2,1-3H3;3H,1H3,(H2,2,4,5). The highest BCUT2D eigenvalue weighted by atomic mass is 32.2. The minimum absolute atomic E-state index is 1.10. The molecule has 0 aliphatic heterocycles. The van der Waals surface area contributed by atoms with Gasteiger partial charge in [0.05, 0.1) is 0 Å². The number of aromatic amines is 1. The van der Waals surface area contributed by atoms with Crippen molar-refractivity contribution in [3.63, 3.8) is 0 Å². The number of nitrogens with one attached hydrogen (secondary N) is 2. The van der Waals surface area contributed by atoms with E-state index < -0.39 is 10.2 Å². The van der Waals surface area contributed by atoms with Gasteiger partial charge in [-0.05, 0) is 45.1 Å². The Hall–Kier alpha value is -1.41.